The van der Waals surface area contributed by atoms with Crippen LogP contribution < -0.4 is 0 Å². The molecule has 0 aliphatic heterocycles. The minimum absolute atomic E-state index is 0.235. The molecule has 1 aliphatic carbocycles. The van der Waals surface area contributed by atoms with E-state index in [4.69, 9.17) is 35.7 Å². The maximum atomic E-state index is 10.6. The van der Waals surface area contributed by atoms with E-state index in [0.717, 1.165) is 18.2 Å². The molecule has 0 heterocycles. The fourth-order valence-electron chi connectivity index (χ4n) is 1.63. The van der Waals surface area contributed by atoms with Crippen LogP contribution in [0.4, 0.5) is 0 Å². The van der Waals surface area contributed by atoms with Gasteiger partial charge in [-0.1, -0.05) is 45.1 Å². The number of carbonyl (C=O) groups excluding carboxylic acids is 3. The Morgan fingerprint density at radius 2 is 1.24 bits per heavy atom. The van der Waals surface area contributed by atoms with Crippen LogP contribution in [0.2, 0.25) is 0 Å². The first-order valence-electron chi connectivity index (χ1n) is 7.66. The average Bonchev–Trinajstić information content (AvgIpc) is 2.66. The highest BCUT2D eigenvalue weighted by Gasteiger charge is 2.29. The lowest BCUT2D eigenvalue weighted by Crippen LogP contribution is -2.39. The van der Waals surface area contributed by atoms with E-state index in [2.05, 4.69) is 11.3 Å². The molecule has 1 saturated carbocycles. The summed E-state index contributed by atoms with van der Waals surface area (Å²) in [7, 11) is 0. The van der Waals surface area contributed by atoms with Crippen LogP contribution in [0, 0.1) is 16.2 Å². The lowest BCUT2D eigenvalue weighted by Gasteiger charge is -2.26. The zero-order valence-electron chi connectivity index (χ0n) is 14.3. The van der Waals surface area contributed by atoms with Crippen molar-refractivity contribution in [1.29, 1.82) is 10.8 Å². The number of isocyanates is 2. The Labute approximate surface area is 147 Å². The van der Waals surface area contributed by atoms with Crippen molar-refractivity contribution in [1.82, 2.24) is 0 Å². The summed E-state index contributed by atoms with van der Waals surface area (Å²) in [5.74, 6) is -0.653. The first kappa shape index (κ1) is 27.7. The zero-order valence-corrected chi connectivity index (χ0v) is 14.3. The van der Waals surface area contributed by atoms with Crippen molar-refractivity contribution in [3.63, 3.8) is 0 Å². The van der Waals surface area contributed by atoms with Crippen molar-refractivity contribution >= 4 is 18.1 Å². The van der Waals surface area contributed by atoms with Gasteiger partial charge >= 0.3 is 5.97 Å². The molecule has 1 fully saturated rings. The molecule has 1 rings (SSSR count). The standard InChI is InChI=1S/C8H14O5.C6H12.2CHNO/c1-2-7(12)13-6-8(3-9,4-10)5-11;1-2-4-6-5-3-1;2*2-1-3/h2,9-11H,1,3-6H2;1-6H2;2*2H. The molecule has 0 spiro atoms. The number of rotatable bonds is 6. The zero-order chi connectivity index (χ0) is 20.0. The first-order valence-corrected chi connectivity index (χ1v) is 7.66. The fraction of sp³-hybridized carbons (Fsp3) is 0.688. The van der Waals surface area contributed by atoms with Crippen LogP contribution in [-0.2, 0) is 19.1 Å². The molecule has 0 bridgehead atoms. The van der Waals surface area contributed by atoms with Gasteiger partial charge in [0.2, 0.25) is 12.2 Å². The van der Waals surface area contributed by atoms with Crippen LogP contribution in [0.1, 0.15) is 38.5 Å². The van der Waals surface area contributed by atoms with Crippen molar-refractivity contribution in [2.24, 2.45) is 5.41 Å². The predicted molar refractivity (Wildman–Crippen MR) is 89.4 cm³/mol. The summed E-state index contributed by atoms with van der Waals surface area (Å²) < 4.78 is 4.59. The van der Waals surface area contributed by atoms with Crippen LogP contribution in [0.25, 0.3) is 0 Å². The van der Waals surface area contributed by atoms with E-state index in [1.165, 1.54) is 38.5 Å². The quantitative estimate of drug-likeness (QED) is 0.202. The Hall–Kier alpha value is -2.15. The maximum Gasteiger partial charge on any atom is 0.330 e. The number of carbonyl (C=O) groups is 1. The van der Waals surface area contributed by atoms with Gasteiger partial charge < -0.3 is 20.1 Å². The predicted octanol–water partition coefficient (Wildman–Crippen LogP) is 0.821. The Morgan fingerprint density at radius 1 is 0.960 bits per heavy atom. The SMILES string of the molecule is C1CCCCC1.C=CC(=O)OCC(CO)(CO)CO.N=C=O.N=C=O. The number of esters is 1. The largest absolute Gasteiger partial charge is 0.462 e. The van der Waals surface area contributed by atoms with Gasteiger partial charge in [-0.2, -0.15) is 0 Å². The van der Waals surface area contributed by atoms with E-state index in [1.54, 1.807) is 0 Å². The van der Waals surface area contributed by atoms with Gasteiger partial charge in [-0.25, -0.2) is 25.2 Å². The van der Waals surface area contributed by atoms with Crippen molar-refractivity contribution < 1.29 is 34.4 Å². The summed E-state index contributed by atoms with van der Waals surface area (Å²) in [4.78, 5) is 27.3. The summed E-state index contributed by atoms with van der Waals surface area (Å²) in [5.41, 5.74) is -1.17. The van der Waals surface area contributed by atoms with Crippen LogP contribution in [0.5, 0.6) is 0 Å². The lowest BCUT2D eigenvalue weighted by atomic mass is 9.93. The highest BCUT2D eigenvalue weighted by molar-refractivity contribution is 5.81. The molecule has 144 valence electrons. The Bertz CT molecular complexity index is 362. The second-order valence-electron chi connectivity index (χ2n) is 5.11. The molecular weight excluding hydrogens is 332 g/mol. The van der Waals surface area contributed by atoms with Crippen molar-refractivity contribution in [3.05, 3.63) is 12.7 Å². The number of hydrogen-bond donors (Lipinski definition) is 5. The molecule has 0 amide bonds. The van der Waals surface area contributed by atoms with Crippen molar-refractivity contribution in [2.75, 3.05) is 26.4 Å². The first-order chi connectivity index (χ1) is 12.0. The monoisotopic (exact) mass is 360 g/mol. The minimum Gasteiger partial charge on any atom is -0.462 e. The summed E-state index contributed by atoms with van der Waals surface area (Å²) >= 11 is 0. The molecule has 0 radical (unpaired) electrons. The molecule has 0 saturated heterocycles. The Kier molecular flexibility index (Phi) is 24.2. The summed E-state index contributed by atoms with van der Waals surface area (Å²) in [6.45, 7) is 1.58. The van der Waals surface area contributed by atoms with Gasteiger partial charge in [0.05, 0.1) is 25.2 Å². The molecule has 0 unspecified atom stereocenters. The molecule has 0 aromatic heterocycles. The van der Waals surface area contributed by atoms with Crippen LogP contribution in [-0.4, -0.2) is 59.9 Å². The molecule has 1 aliphatic rings. The third-order valence-electron chi connectivity index (χ3n) is 3.19. The average molecular weight is 360 g/mol. The van der Waals surface area contributed by atoms with Gasteiger partial charge in [0.25, 0.3) is 0 Å². The number of aliphatic hydroxyl groups excluding tert-OH is 3. The number of nitrogens with one attached hydrogen (secondary N) is 2. The maximum absolute atomic E-state index is 10.6. The van der Waals surface area contributed by atoms with Crippen LogP contribution in [0.15, 0.2) is 12.7 Å². The Morgan fingerprint density at radius 3 is 1.44 bits per heavy atom. The smallest absolute Gasteiger partial charge is 0.330 e. The number of ether oxygens (including phenoxy) is 1. The Balaban J connectivity index is -0.000000329. The van der Waals surface area contributed by atoms with E-state index in [-0.39, 0.29) is 6.61 Å². The van der Waals surface area contributed by atoms with Gasteiger partial charge in [-0.15, -0.1) is 0 Å². The highest BCUT2D eigenvalue weighted by Crippen LogP contribution is 2.15. The third kappa shape index (κ3) is 19.8. The molecule has 0 aromatic rings. The van der Waals surface area contributed by atoms with Gasteiger partial charge in [0.15, 0.2) is 0 Å². The van der Waals surface area contributed by atoms with E-state index in [0.29, 0.717) is 0 Å². The minimum atomic E-state index is -1.17. The van der Waals surface area contributed by atoms with Gasteiger partial charge in [-0.3, -0.25) is 0 Å². The van der Waals surface area contributed by atoms with Gasteiger partial charge in [0, 0.05) is 6.08 Å². The summed E-state index contributed by atoms with van der Waals surface area (Å²) in [5, 5.41) is 37.3. The van der Waals surface area contributed by atoms with Gasteiger partial charge in [0.1, 0.15) is 6.61 Å². The molecule has 0 atom stereocenters. The highest BCUT2D eigenvalue weighted by atomic mass is 16.5. The van der Waals surface area contributed by atoms with E-state index in [1.807, 2.05) is 0 Å². The molecule has 25 heavy (non-hydrogen) atoms. The normalized spacial score (nSPS) is 12.1. The van der Waals surface area contributed by atoms with Crippen molar-refractivity contribution in [3.8, 4) is 0 Å². The lowest BCUT2D eigenvalue weighted by molar-refractivity contribution is -0.145. The van der Waals surface area contributed by atoms with Gasteiger partial charge in [-0.05, 0) is 0 Å². The fourth-order valence-corrected chi connectivity index (χ4v) is 1.63. The topological polar surface area (TPSA) is 169 Å². The number of hydrogen-bond acceptors (Lipinski definition) is 9. The molecule has 0 aromatic carbocycles. The van der Waals surface area contributed by atoms with Crippen LogP contribution in [0.3, 0.4) is 0 Å². The summed E-state index contributed by atoms with van der Waals surface area (Å²) in [6, 6.07) is 0. The molecule has 9 nitrogen and oxygen atoms in total. The molecular formula is C16H28N2O7. The van der Waals surface area contributed by atoms with Crippen molar-refractivity contribution in [2.45, 2.75) is 38.5 Å². The third-order valence-corrected chi connectivity index (χ3v) is 3.19. The second kappa shape index (κ2) is 21.9. The van der Waals surface area contributed by atoms with E-state index < -0.39 is 31.2 Å². The van der Waals surface area contributed by atoms with Crippen LogP contribution >= 0.6 is 0 Å². The van der Waals surface area contributed by atoms with E-state index >= 15 is 0 Å². The molecule has 9 heteroatoms. The summed E-state index contributed by atoms with van der Waals surface area (Å²) in [6.07, 6.45) is 11.5. The van der Waals surface area contributed by atoms with E-state index in [9.17, 15) is 4.79 Å². The second-order valence-corrected chi connectivity index (χ2v) is 5.11. The molecule has 5 N–H and O–H groups in total. The number of aliphatic hydroxyl groups is 3.